The van der Waals surface area contributed by atoms with E-state index in [1.807, 2.05) is 44.2 Å². The number of benzene rings is 1. The first kappa shape index (κ1) is 16.4. The van der Waals surface area contributed by atoms with Gasteiger partial charge in [0.1, 0.15) is 0 Å². The Morgan fingerprint density at radius 2 is 1.85 bits per heavy atom. The topological polar surface area (TPSA) is 88.3 Å². The van der Waals surface area contributed by atoms with Crippen LogP contribution < -0.4 is 10.2 Å². The molecular weight excluding hydrogens is 330 g/mol. The van der Waals surface area contributed by atoms with Crippen LogP contribution in [0.4, 0.5) is 11.5 Å². The molecule has 1 fully saturated rings. The zero-order valence-electron chi connectivity index (χ0n) is 14.9. The first-order chi connectivity index (χ1) is 12.6. The van der Waals surface area contributed by atoms with Crippen molar-refractivity contribution in [3.63, 3.8) is 0 Å². The van der Waals surface area contributed by atoms with Crippen LogP contribution in [0.25, 0.3) is 5.65 Å². The molecule has 0 unspecified atom stereocenters. The van der Waals surface area contributed by atoms with Crippen LogP contribution in [0.15, 0.2) is 30.3 Å². The second-order valence-electron chi connectivity index (χ2n) is 6.74. The minimum Gasteiger partial charge on any atom is -0.355 e. The number of carbonyl (C=O) groups is 1. The molecule has 8 nitrogen and oxygen atoms in total. The van der Waals surface area contributed by atoms with Crippen LogP contribution >= 0.6 is 0 Å². The molecule has 1 saturated heterocycles. The van der Waals surface area contributed by atoms with Crippen molar-refractivity contribution in [1.82, 2.24) is 25.3 Å². The van der Waals surface area contributed by atoms with Gasteiger partial charge in [0.2, 0.25) is 5.91 Å². The number of tetrazole rings is 1. The standard InChI is InChI=1S/C18H21N7O/c1-12-4-3-5-13(2)17(12)19-18(26)14-8-10-24(11-9-14)16-7-6-15-20-22-23-25(15)21-16/h3-7,14H,8-11H2,1-2H3,(H,19,26). The fourth-order valence-corrected chi connectivity index (χ4v) is 3.42. The predicted octanol–water partition coefficient (Wildman–Crippen LogP) is 1.99. The lowest BCUT2D eigenvalue weighted by Gasteiger charge is -2.32. The minimum atomic E-state index is 0.0158. The number of aromatic nitrogens is 5. The van der Waals surface area contributed by atoms with E-state index in [9.17, 15) is 4.79 Å². The number of fused-ring (bicyclic) bond motifs is 1. The van der Waals surface area contributed by atoms with E-state index in [1.165, 1.54) is 4.63 Å². The zero-order valence-corrected chi connectivity index (χ0v) is 14.9. The average molecular weight is 351 g/mol. The largest absolute Gasteiger partial charge is 0.355 e. The van der Waals surface area contributed by atoms with Crippen molar-refractivity contribution in [1.29, 1.82) is 0 Å². The Kier molecular flexibility index (Phi) is 4.24. The normalized spacial score (nSPS) is 15.4. The van der Waals surface area contributed by atoms with Crippen molar-refractivity contribution in [3.8, 4) is 0 Å². The zero-order chi connectivity index (χ0) is 18.1. The molecule has 3 aromatic rings. The molecule has 0 bridgehead atoms. The highest BCUT2D eigenvalue weighted by molar-refractivity contribution is 5.94. The third-order valence-electron chi connectivity index (χ3n) is 4.97. The highest BCUT2D eigenvalue weighted by Crippen LogP contribution is 2.25. The molecule has 0 atom stereocenters. The molecule has 3 heterocycles. The number of nitrogens with one attached hydrogen (secondary N) is 1. The Labute approximate surface area is 151 Å². The summed E-state index contributed by atoms with van der Waals surface area (Å²) in [4.78, 5) is 14.8. The second-order valence-corrected chi connectivity index (χ2v) is 6.74. The van der Waals surface area contributed by atoms with Gasteiger partial charge in [-0.25, -0.2) is 0 Å². The van der Waals surface area contributed by atoms with Gasteiger partial charge in [0.05, 0.1) is 0 Å². The molecule has 0 saturated carbocycles. The van der Waals surface area contributed by atoms with Gasteiger partial charge >= 0.3 is 0 Å². The van der Waals surface area contributed by atoms with Gasteiger partial charge in [0.25, 0.3) is 0 Å². The first-order valence-electron chi connectivity index (χ1n) is 8.79. The highest BCUT2D eigenvalue weighted by Gasteiger charge is 2.26. The van der Waals surface area contributed by atoms with Crippen LogP contribution in [0.2, 0.25) is 0 Å². The lowest BCUT2D eigenvalue weighted by atomic mass is 9.95. The van der Waals surface area contributed by atoms with Gasteiger partial charge < -0.3 is 10.2 Å². The van der Waals surface area contributed by atoms with Crippen LogP contribution in [0, 0.1) is 19.8 Å². The maximum Gasteiger partial charge on any atom is 0.227 e. The van der Waals surface area contributed by atoms with E-state index >= 15 is 0 Å². The molecule has 1 aromatic carbocycles. The summed E-state index contributed by atoms with van der Waals surface area (Å²) in [6, 6.07) is 9.82. The Morgan fingerprint density at radius 1 is 1.12 bits per heavy atom. The molecular formula is C18H21N7O. The minimum absolute atomic E-state index is 0.0158. The van der Waals surface area contributed by atoms with E-state index in [2.05, 4.69) is 30.8 Å². The molecule has 1 aliphatic rings. The summed E-state index contributed by atoms with van der Waals surface area (Å²) < 4.78 is 1.43. The van der Waals surface area contributed by atoms with Crippen molar-refractivity contribution in [2.75, 3.05) is 23.3 Å². The number of hydrogen-bond donors (Lipinski definition) is 1. The lowest BCUT2D eigenvalue weighted by Crippen LogP contribution is -2.38. The van der Waals surface area contributed by atoms with Gasteiger partial charge in [-0.1, -0.05) is 18.2 Å². The van der Waals surface area contributed by atoms with Gasteiger partial charge in [-0.2, -0.15) is 0 Å². The van der Waals surface area contributed by atoms with Crippen molar-refractivity contribution >= 4 is 23.1 Å². The van der Waals surface area contributed by atoms with Crippen molar-refractivity contribution in [2.24, 2.45) is 5.92 Å². The van der Waals surface area contributed by atoms with Crippen LogP contribution in [-0.2, 0) is 4.79 Å². The van der Waals surface area contributed by atoms with E-state index in [0.717, 1.165) is 48.6 Å². The number of hydrogen-bond acceptors (Lipinski definition) is 6. The summed E-state index contributed by atoms with van der Waals surface area (Å²) in [6.07, 6.45) is 1.60. The summed E-state index contributed by atoms with van der Waals surface area (Å²) in [5.41, 5.74) is 3.74. The van der Waals surface area contributed by atoms with Gasteiger partial charge in [0.15, 0.2) is 11.5 Å². The SMILES string of the molecule is Cc1cccc(C)c1NC(=O)C1CCN(c2ccc3nnnn3n2)CC1. The van der Waals surface area contributed by atoms with Crippen LogP contribution in [0.5, 0.6) is 0 Å². The number of piperidine rings is 1. The third kappa shape index (κ3) is 3.10. The number of carbonyl (C=O) groups excluding carboxylic acids is 1. The van der Waals surface area contributed by atoms with Crippen molar-refractivity contribution in [3.05, 3.63) is 41.5 Å². The smallest absolute Gasteiger partial charge is 0.227 e. The Bertz CT molecular complexity index is 923. The van der Waals surface area contributed by atoms with Crippen molar-refractivity contribution in [2.45, 2.75) is 26.7 Å². The fraction of sp³-hybridized carbons (Fsp3) is 0.389. The van der Waals surface area contributed by atoms with Crippen LogP contribution in [-0.4, -0.2) is 44.3 Å². The van der Waals surface area contributed by atoms with E-state index in [0.29, 0.717) is 5.65 Å². The molecule has 0 aliphatic carbocycles. The van der Waals surface area contributed by atoms with E-state index in [-0.39, 0.29) is 11.8 Å². The summed E-state index contributed by atoms with van der Waals surface area (Å²) in [5, 5.41) is 18.8. The maximum absolute atomic E-state index is 12.7. The van der Waals surface area contributed by atoms with E-state index in [1.54, 1.807) is 0 Å². The molecule has 2 aromatic heterocycles. The van der Waals surface area contributed by atoms with E-state index in [4.69, 9.17) is 0 Å². The summed E-state index contributed by atoms with van der Waals surface area (Å²) >= 11 is 0. The molecule has 26 heavy (non-hydrogen) atoms. The molecule has 0 radical (unpaired) electrons. The average Bonchev–Trinajstić information content (AvgIpc) is 3.12. The molecule has 134 valence electrons. The Balaban J connectivity index is 1.40. The van der Waals surface area contributed by atoms with Gasteiger partial charge in [0, 0.05) is 24.7 Å². The second kappa shape index (κ2) is 6.70. The number of anilines is 2. The van der Waals surface area contributed by atoms with Crippen molar-refractivity contribution < 1.29 is 4.79 Å². The van der Waals surface area contributed by atoms with Crippen LogP contribution in [0.1, 0.15) is 24.0 Å². The maximum atomic E-state index is 12.7. The quantitative estimate of drug-likeness (QED) is 0.776. The van der Waals surface area contributed by atoms with Gasteiger partial charge in [-0.3, -0.25) is 4.79 Å². The van der Waals surface area contributed by atoms with Crippen LogP contribution in [0.3, 0.4) is 0 Å². The lowest BCUT2D eigenvalue weighted by molar-refractivity contribution is -0.120. The Hall–Kier alpha value is -3.03. The first-order valence-corrected chi connectivity index (χ1v) is 8.79. The fourth-order valence-electron chi connectivity index (χ4n) is 3.42. The Morgan fingerprint density at radius 3 is 2.58 bits per heavy atom. The molecule has 4 rings (SSSR count). The number of para-hydroxylation sites is 1. The molecule has 1 N–H and O–H groups in total. The molecule has 1 amide bonds. The van der Waals surface area contributed by atoms with Gasteiger partial charge in [-0.15, -0.1) is 14.8 Å². The number of nitrogens with zero attached hydrogens (tertiary/aromatic N) is 6. The number of amides is 1. The molecule has 1 aliphatic heterocycles. The number of rotatable bonds is 3. The summed E-state index contributed by atoms with van der Waals surface area (Å²) in [6.45, 7) is 5.61. The van der Waals surface area contributed by atoms with Gasteiger partial charge in [-0.05, 0) is 60.4 Å². The monoisotopic (exact) mass is 351 g/mol. The third-order valence-corrected chi connectivity index (χ3v) is 4.97. The molecule has 0 spiro atoms. The summed E-state index contributed by atoms with van der Waals surface area (Å²) in [5.74, 6) is 0.950. The van der Waals surface area contributed by atoms with E-state index < -0.39 is 0 Å². The highest BCUT2D eigenvalue weighted by atomic mass is 16.1. The molecule has 8 heteroatoms. The number of aryl methyl sites for hydroxylation is 2. The predicted molar refractivity (Wildman–Crippen MR) is 98.1 cm³/mol. The summed E-state index contributed by atoms with van der Waals surface area (Å²) in [7, 11) is 0.